The SMILES string of the molecule is O=c1cnccn1CCN1CCC(Nc2ccncn2)CC1. The molecule has 1 fully saturated rings. The van der Waals surface area contributed by atoms with Crippen LogP contribution in [0.2, 0.25) is 0 Å². The molecule has 116 valence electrons. The summed E-state index contributed by atoms with van der Waals surface area (Å²) in [5, 5.41) is 3.44. The predicted molar refractivity (Wildman–Crippen MR) is 83.6 cm³/mol. The monoisotopic (exact) mass is 300 g/mol. The van der Waals surface area contributed by atoms with Crippen molar-refractivity contribution in [1.82, 2.24) is 24.4 Å². The van der Waals surface area contributed by atoms with Crippen molar-refractivity contribution in [2.75, 3.05) is 25.0 Å². The summed E-state index contributed by atoms with van der Waals surface area (Å²) in [6.07, 6.45) is 10.2. The topological polar surface area (TPSA) is 75.9 Å². The minimum absolute atomic E-state index is 0.0391. The van der Waals surface area contributed by atoms with E-state index < -0.39 is 0 Å². The lowest BCUT2D eigenvalue weighted by molar-refractivity contribution is 0.210. The summed E-state index contributed by atoms with van der Waals surface area (Å²) in [5.41, 5.74) is -0.0391. The van der Waals surface area contributed by atoms with Gasteiger partial charge in [-0.3, -0.25) is 9.78 Å². The van der Waals surface area contributed by atoms with Crippen molar-refractivity contribution in [3.05, 3.63) is 47.5 Å². The molecule has 1 aliphatic heterocycles. The number of hydrogen-bond donors (Lipinski definition) is 1. The fourth-order valence-electron chi connectivity index (χ4n) is 2.69. The van der Waals surface area contributed by atoms with Crippen molar-refractivity contribution in [3.8, 4) is 0 Å². The van der Waals surface area contributed by atoms with Gasteiger partial charge in [0.05, 0.1) is 6.20 Å². The molecule has 0 aromatic carbocycles. The lowest BCUT2D eigenvalue weighted by atomic mass is 10.1. The maximum Gasteiger partial charge on any atom is 0.269 e. The van der Waals surface area contributed by atoms with E-state index in [2.05, 4.69) is 25.2 Å². The van der Waals surface area contributed by atoms with Crippen LogP contribution in [-0.4, -0.2) is 50.1 Å². The van der Waals surface area contributed by atoms with Crippen LogP contribution < -0.4 is 10.9 Å². The smallest absolute Gasteiger partial charge is 0.269 e. The molecule has 22 heavy (non-hydrogen) atoms. The Morgan fingerprint density at radius 3 is 2.77 bits per heavy atom. The van der Waals surface area contributed by atoms with Gasteiger partial charge in [-0.1, -0.05) is 0 Å². The highest BCUT2D eigenvalue weighted by atomic mass is 16.1. The van der Waals surface area contributed by atoms with E-state index in [0.717, 1.165) is 38.3 Å². The van der Waals surface area contributed by atoms with Crippen LogP contribution in [0.15, 0.2) is 42.0 Å². The molecule has 0 radical (unpaired) electrons. The van der Waals surface area contributed by atoms with Gasteiger partial charge in [-0.25, -0.2) is 9.97 Å². The minimum atomic E-state index is -0.0391. The molecule has 0 amide bonds. The van der Waals surface area contributed by atoms with Crippen LogP contribution >= 0.6 is 0 Å². The average molecular weight is 300 g/mol. The van der Waals surface area contributed by atoms with Gasteiger partial charge in [-0.2, -0.15) is 0 Å². The quantitative estimate of drug-likeness (QED) is 0.872. The van der Waals surface area contributed by atoms with E-state index in [-0.39, 0.29) is 5.56 Å². The Labute approximate surface area is 129 Å². The Morgan fingerprint density at radius 1 is 1.18 bits per heavy atom. The zero-order chi connectivity index (χ0) is 15.2. The highest BCUT2D eigenvalue weighted by Crippen LogP contribution is 2.14. The molecule has 3 heterocycles. The van der Waals surface area contributed by atoms with Crippen LogP contribution in [0.25, 0.3) is 0 Å². The van der Waals surface area contributed by atoms with Crippen molar-refractivity contribution in [2.24, 2.45) is 0 Å². The van der Waals surface area contributed by atoms with E-state index in [1.807, 2.05) is 6.07 Å². The molecule has 2 aromatic rings. The van der Waals surface area contributed by atoms with Crippen molar-refractivity contribution >= 4 is 5.82 Å². The lowest BCUT2D eigenvalue weighted by Crippen LogP contribution is -2.41. The fraction of sp³-hybridized carbons (Fsp3) is 0.467. The molecule has 1 aliphatic rings. The Kier molecular flexibility index (Phi) is 4.75. The van der Waals surface area contributed by atoms with Crippen molar-refractivity contribution < 1.29 is 0 Å². The Bertz CT molecular complexity index is 636. The van der Waals surface area contributed by atoms with Gasteiger partial charge < -0.3 is 14.8 Å². The summed E-state index contributed by atoms with van der Waals surface area (Å²) in [4.78, 5) is 25.9. The van der Waals surface area contributed by atoms with Crippen molar-refractivity contribution in [1.29, 1.82) is 0 Å². The van der Waals surface area contributed by atoms with E-state index in [1.165, 1.54) is 6.20 Å². The summed E-state index contributed by atoms with van der Waals surface area (Å²) in [6.45, 7) is 3.67. The highest BCUT2D eigenvalue weighted by molar-refractivity contribution is 5.33. The molecule has 2 aromatic heterocycles. The lowest BCUT2D eigenvalue weighted by Gasteiger charge is -2.32. The summed E-state index contributed by atoms with van der Waals surface area (Å²) in [7, 11) is 0. The van der Waals surface area contributed by atoms with Gasteiger partial charge in [0.15, 0.2) is 0 Å². The Balaban J connectivity index is 1.44. The summed E-state index contributed by atoms with van der Waals surface area (Å²) in [5.74, 6) is 0.886. The third-order valence-corrected chi connectivity index (χ3v) is 3.98. The summed E-state index contributed by atoms with van der Waals surface area (Å²) < 4.78 is 1.71. The standard InChI is InChI=1S/C15H20N6O/c22-15-11-16-5-8-21(15)10-9-20-6-2-13(3-7-20)19-14-1-4-17-12-18-14/h1,4-5,8,11-13H,2-3,6-7,9-10H2,(H,17,18,19). The molecule has 0 aliphatic carbocycles. The van der Waals surface area contributed by atoms with Gasteiger partial charge in [-0.15, -0.1) is 0 Å². The number of rotatable bonds is 5. The molecule has 0 atom stereocenters. The number of piperidine rings is 1. The van der Waals surface area contributed by atoms with Crippen LogP contribution in [0.3, 0.4) is 0 Å². The zero-order valence-electron chi connectivity index (χ0n) is 12.4. The van der Waals surface area contributed by atoms with E-state index in [0.29, 0.717) is 12.6 Å². The fourth-order valence-corrected chi connectivity index (χ4v) is 2.69. The first-order valence-corrected chi connectivity index (χ1v) is 7.56. The average Bonchev–Trinajstić information content (AvgIpc) is 2.56. The van der Waals surface area contributed by atoms with Gasteiger partial charge in [0.2, 0.25) is 0 Å². The maximum atomic E-state index is 11.6. The Hall–Kier alpha value is -2.28. The van der Waals surface area contributed by atoms with Crippen LogP contribution in [0.4, 0.5) is 5.82 Å². The second-order valence-electron chi connectivity index (χ2n) is 5.46. The predicted octanol–water partition coefficient (Wildman–Crippen LogP) is 0.610. The van der Waals surface area contributed by atoms with Crippen LogP contribution in [-0.2, 0) is 6.54 Å². The summed E-state index contributed by atoms with van der Waals surface area (Å²) in [6, 6.07) is 2.34. The number of nitrogens with zero attached hydrogens (tertiary/aromatic N) is 5. The van der Waals surface area contributed by atoms with E-state index in [1.54, 1.807) is 29.5 Å². The molecule has 0 unspecified atom stereocenters. The van der Waals surface area contributed by atoms with E-state index >= 15 is 0 Å². The van der Waals surface area contributed by atoms with E-state index in [4.69, 9.17) is 0 Å². The number of anilines is 1. The second kappa shape index (κ2) is 7.13. The molecule has 0 spiro atoms. The third kappa shape index (κ3) is 3.88. The first-order chi connectivity index (χ1) is 10.8. The minimum Gasteiger partial charge on any atom is -0.367 e. The maximum absolute atomic E-state index is 11.6. The van der Waals surface area contributed by atoms with Gasteiger partial charge >= 0.3 is 0 Å². The van der Waals surface area contributed by atoms with Crippen LogP contribution in [0.5, 0.6) is 0 Å². The molecule has 1 saturated heterocycles. The van der Waals surface area contributed by atoms with Crippen molar-refractivity contribution in [3.63, 3.8) is 0 Å². The molecular formula is C15H20N6O. The number of hydrogen-bond acceptors (Lipinski definition) is 6. The number of aromatic nitrogens is 4. The molecular weight excluding hydrogens is 280 g/mol. The molecule has 7 heteroatoms. The third-order valence-electron chi connectivity index (χ3n) is 3.98. The molecule has 0 bridgehead atoms. The molecule has 0 saturated carbocycles. The van der Waals surface area contributed by atoms with Crippen molar-refractivity contribution in [2.45, 2.75) is 25.4 Å². The number of likely N-dealkylation sites (tertiary alicyclic amines) is 1. The van der Waals surface area contributed by atoms with Gasteiger partial charge in [0.25, 0.3) is 5.56 Å². The first-order valence-electron chi connectivity index (χ1n) is 7.56. The molecule has 7 nitrogen and oxygen atoms in total. The van der Waals surface area contributed by atoms with Crippen LogP contribution in [0.1, 0.15) is 12.8 Å². The second-order valence-corrected chi connectivity index (χ2v) is 5.46. The summed E-state index contributed by atoms with van der Waals surface area (Å²) >= 11 is 0. The van der Waals surface area contributed by atoms with Gasteiger partial charge in [0, 0.05) is 50.8 Å². The highest BCUT2D eigenvalue weighted by Gasteiger charge is 2.19. The molecule has 1 N–H and O–H groups in total. The first kappa shape index (κ1) is 14.6. The Morgan fingerprint density at radius 2 is 2.05 bits per heavy atom. The van der Waals surface area contributed by atoms with E-state index in [9.17, 15) is 4.79 Å². The largest absolute Gasteiger partial charge is 0.367 e. The normalized spacial score (nSPS) is 16.5. The van der Waals surface area contributed by atoms with Crippen LogP contribution in [0, 0.1) is 0 Å². The van der Waals surface area contributed by atoms with Gasteiger partial charge in [0.1, 0.15) is 12.1 Å². The van der Waals surface area contributed by atoms with Gasteiger partial charge in [-0.05, 0) is 18.9 Å². The number of nitrogens with one attached hydrogen (secondary N) is 1. The molecule has 3 rings (SSSR count). The zero-order valence-corrected chi connectivity index (χ0v) is 12.4.